The van der Waals surface area contributed by atoms with Gasteiger partial charge in [0.1, 0.15) is 0 Å². The number of carbonyl (C=O) groups excluding carboxylic acids is 1. The van der Waals surface area contributed by atoms with E-state index < -0.39 is 11.7 Å². The van der Waals surface area contributed by atoms with Crippen LogP contribution in [0.3, 0.4) is 0 Å². The number of carbonyl (C=O) groups is 1. The average Bonchev–Trinajstić information content (AvgIpc) is 3.15. The second-order valence-electron chi connectivity index (χ2n) is 6.94. The van der Waals surface area contributed by atoms with Crippen LogP contribution in [-0.4, -0.2) is 52.1 Å². The van der Waals surface area contributed by atoms with Crippen LogP contribution in [0, 0.1) is 0 Å². The van der Waals surface area contributed by atoms with Crippen molar-refractivity contribution < 1.29 is 18.0 Å². The summed E-state index contributed by atoms with van der Waals surface area (Å²) in [4.78, 5) is 16.7. The summed E-state index contributed by atoms with van der Waals surface area (Å²) in [6.07, 6.45) is -2.60. The van der Waals surface area contributed by atoms with Gasteiger partial charge in [-0.15, -0.1) is 0 Å². The van der Waals surface area contributed by atoms with Gasteiger partial charge in [0.05, 0.1) is 17.3 Å². The molecule has 3 aromatic rings. The number of hydrogen-bond acceptors (Lipinski definition) is 3. The van der Waals surface area contributed by atoms with E-state index in [0.29, 0.717) is 38.3 Å². The normalized spacial score (nSPS) is 15.9. The second-order valence-corrected chi connectivity index (χ2v) is 6.94. The largest absolute Gasteiger partial charge is 0.416 e. The zero-order valence-electron chi connectivity index (χ0n) is 15.0. The van der Waals surface area contributed by atoms with Crippen LogP contribution < -0.4 is 0 Å². The van der Waals surface area contributed by atoms with E-state index in [0.717, 1.165) is 28.6 Å². The number of aromatic nitrogens is 2. The van der Waals surface area contributed by atoms with Gasteiger partial charge >= 0.3 is 6.18 Å². The van der Waals surface area contributed by atoms with Gasteiger partial charge in [0.2, 0.25) is 0 Å². The van der Waals surface area contributed by atoms with E-state index in [9.17, 15) is 18.0 Å². The van der Waals surface area contributed by atoms with Crippen LogP contribution in [0.4, 0.5) is 13.2 Å². The standard InChI is InChI=1S/C20H19F3N4O/c21-20(22,23)17-5-1-14(2-6-17)13-26-7-9-27(10-8-26)19(28)15-3-4-16-12-24-25-18(16)11-15/h1-6,11-12H,7-10,13H2,(H,24,25). The summed E-state index contributed by atoms with van der Waals surface area (Å²) in [6, 6.07) is 10.7. The number of rotatable bonds is 3. The van der Waals surface area contributed by atoms with Crippen molar-refractivity contribution >= 4 is 16.8 Å². The van der Waals surface area contributed by atoms with Crippen LogP contribution in [0.2, 0.25) is 0 Å². The molecule has 0 saturated carbocycles. The Balaban J connectivity index is 1.34. The number of benzene rings is 2. The maximum Gasteiger partial charge on any atom is 0.416 e. The zero-order valence-corrected chi connectivity index (χ0v) is 15.0. The average molecular weight is 388 g/mol. The Morgan fingerprint density at radius 1 is 1.04 bits per heavy atom. The number of amides is 1. The molecule has 0 unspecified atom stereocenters. The summed E-state index contributed by atoms with van der Waals surface area (Å²) >= 11 is 0. The molecule has 4 rings (SSSR count). The molecule has 2 aromatic carbocycles. The van der Waals surface area contributed by atoms with E-state index in [1.807, 2.05) is 6.07 Å². The van der Waals surface area contributed by atoms with Crippen LogP contribution in [0.25, 0.3) is 10.9 Å². The number of halogens is 3. The minimum atomic E-state index is -4.32. The molecular formula is C20H19F3N4O. The van der Waals surface area contributed by atoms with E-state index in [-0.39, 0.29) is 5.91 Å². The number of nitrogens with one attached hydrogen (secondary N) is 1. The zero-order chi connectivity index (χ0) is 19.7. The summed E-state index contributed by atoms with van der Waals surface area (Å²) in [7, 11) is 0. The first-order chi connectivity index (χ1) is 13.4. The third kappa shape index (κ3) is 3.87. The Hall–Kier alpha value is -2.87. The number of aromatic amines is 1. The van der Waals surface area contributed by atoms with Gasteiger partial charge in [-0.3, -0.25) is 14.8 Å². The Bertz CT molecular complexity index is 973. The van der Waals surface area contributed by atoms with E-state index >= 15 is 0 Å². The van der Waals surface area contributed by atoms with E-state index in [1.54, 1.807) is 23.2 Å². The molecule has 146 valence electrons. The van der Waals surface area contributed by atoms with E-state index in [4.69, 9.17) is 0 Å². The number of fused-ring (bicyclic) bond motifs is 1. The SMILES string of the molecule is O=C(c1ccc2cn[nH]c2c1)N1CCN(Cc2ccc(C(F)(F)F)cc2)CC1. The topological polar surface area (TPSA) is 52.2 Å². The Morgan fingerprint density at radius 2 is 1.75 bits per heavy atom. The number of alkyl halides is 3. The minimum Gasteiger partial charge on any atom is -0.336 e. The first-order valence-electron chi connectivity index (χ1n) is 9.01. The molecule has 1 saturated heterocycles. The van der Waals surface area contributed by atoms with Crippen LogP contribution in [-0.2, 0) is 12.7 Å². The molecule has 1 aliphatic rings. The van der Waals surface area contributed by atoms with Crippen molar-refractivity contribution in [1.82, 2.24) is 20.0 Å². The summed E-state index contributed by atoms with van der Waals surface area (Å²) in [5, 5.41) is 7.79. The third-order valence-electron chi connectivity index (χ3n) is 5.04. The lowest BCUT2D eigenvalue weighted by atomic mass is 10.1. The van der Waals surface area contributed by atoms with Gasteiger partial charge in [-0.25, -0.2) is 0 Å². The molecule has 0 aliphatic carbocycles. The van der Waals surface area contributed by atoms with Crippen molar-refractivity contribution in [2.75, 3.05) is 26.2 Å². The molecule has 0 radical (unpaired) electrons. The van der Waals surface area contributed by atoms with E-state index in [2.05, 4.69) is 15.1 Å². The lowest BCUT2D eigenvalue weighted by Gasteiger charge is -2.34. The third-order valence-corrected chi connectivity index (χ3v) is 5.04. The van der Waals surface area contributed by atoms with Crippen molar-refractivity contribution in [2.24, 2.45) is 0 Å². The molecule has 1 amide bonds. The maximum absolute atomic E-state index is 12.7. The van der Waals surface area contributed by atoms with Gasteiger partial charge in [-0.05, 0) is 29.8 Å². The van der Waals surface area contributed by atoms with Crippen molar-refractivity contribution in [3.8, 4) is 0 Å². The molecule has 1 aromatic heterocycles. The molecule has 0 atom stereocenters. The number of piperazine rings is 1. The van der Waals surface area contributed by atoms with Crippen molar-refractivity contribution in [1.29, 1.82) is 0 Å². The first-order valence-corrected chi connectivity index (χ1v) is 9.01. The summed E-state index contributed by atoms with van der Waals surface area (Å²) in [5.74, 6) is -0.0225. The lowest BCUT2D eigenvalue weighted by molar-refractivity contribution is -0.137. The molecule has 2 heterocycles. The highest BCUT2D eigenvalue weighted by molar-refractivity contribution is 5.97. The molecule has 1 fully saturated rings. The van der Waals surface area contributed by atoms with Crippen LogP contribution >= 0.6 is 0 Å². The Labute approximate surface area is 159 Å². The quantitative estimate of drug-likeness (QED) is 0.747. The smallest absolute Gasteiger partial charge is 0.336 e. The highest BCUT2D eigenvalue weighted by Crippen LogP contribution is 2.29. The predicted octanol–water partition coefficient (Wildman–Crippen LogP) is 3.54. The summed E-state index contributed by atoms with van der Waals surface area (Å²) < 4.78 is 38.0. The van der Waals surface area contributed by atoms with Crippen molar-refractivity contribution in [2.45, 2.75) is 12.7 Å². The number of H-pyrrole nitrogens is 1. The van der Waals surface area contributed by atoms with Crippen molar-refractivity contribution in [3.63, 3.8) is 0 Å². The monoisotopic (exact) mass is 388 g/mol. The molecular weight excluding hydrogens is 369 g/mol. The Kier molecular flexibility index (Phi) is 4.80. The van der Waals surface area contributed by atoms with Crippen LogP contribution in [0.5, 0.6) is 0 Å². The molecule has 8 heteroatoms. The van der Waals surface area contributed by atoms with E-state index in [1.165, 1.54) is 12.1 Å². The Morgan fingerprint density at radius 3 is 2.43 bits per heavy atom. The van der Waals surface area contributed by atoms with Gasteiger partial charge in [0.25, 0.3) is 5.91 Å². The van der Waals surface area contributed by atoms with Gasteiger partial charge in [0, 0.05) is 43.7 Å². The van der Waals surface area contributed by atoms with Gasteiger partial charge < -0.3 is 4.90 Å². The molecule has 1 aliphatic heterocycles. The van der Waals surface area contributed by atoms with Gasteiger partial charge in [-0.2, -0.15) is 18.3 Å². The molecule has 5 nitrogen and oxygen atoms in total. The second kappa shape index (κ2) is 7.27. The number of hydrogen-bond donors (Lipinski definition) is 1. The highest BCUT2D eigenvalue weighted by atomic mass is 19.4. The fourth-order valence-electron chi connectivity index (χ4n) is 3.42. The fourth-order valence-corrected chi connectivity index (χ4v) is 3.42. The van der Waals surface area contributed by atoms with Crippen LogP contribution in [0.1, 0.15) is 21.5 Å². The summed E-state index contributed by atoms with van der Waals surface area (Å²) in [6.45, 7) is 3.10. The van der Waals surface area contributed by atoms with Crippen LogP contribution in [0.15, 0.2) is 48.7 Å². The fraction of sp³-hybridized carbons (Fsp3) is 0.300. The number of nitrogens with zero attached hydrogens (tertiary/aromatic N) is 3. The predicted molar refractivity (Wildman–Crippen MR) is 98.7 cm³/mol. The molecule has 28 heavy (non-hydrogen) atoms. The molecule has 0 bridgehead atoms. The van der Waals surface area contributed by atoms with Crippen molar-refractivity contribution in [3.05, 3.63) is 65.4 Å². The highest BCUT2D eigenvalue weighted by Gasteiger charge is 2.30. The maximum atomic E-state index is 12.7. The lowest BCUT2D eigenvalue weighted by Crippen LogP contribution is -2.48. The molecule has 0 spiro atoms. The summed E-state index contributed by atoms with van der Waals surface area (Å²) in [5.41, 5.74) is 1.64. The minimum absolute atomic E-state index is 0.0225. The van der Waals surface area contributed by atoms with Gasteiger partial charge in [-0.1, -0.05) is 18.2 Å². The molecule has 1 N–H and O–H groups in total. The first kappa shape index (κ1) is 18.5. The van der Waals surface area contributed by atoms with Gasteiger partial charge in [0.15, 0.2) is 0 Å².